The summed E-state index contributed by atoms with van der Waals surface area (Å²) in [5, 5.41) is 12.5. The van der Waals surface area contributed by atoms with Crippen LogP contribution in [-0.4, -0.2) is 16.6 Å². The van der Waals surface area contributed by atoms with E-state index in [4.69, 9.17) is 0 Å². The predicted octanol–water partition coefficient (Wildman–Crippen LogP) is 4.01. The lowest BCUT2D eigenvalue weighted by atomic mass is 9.99. The maximum Gasteiger partial charge on any atom is 0.255 e. The van der Waals surface area contributed by atoms with Gasteiger partial charge in [0.2, 0.25) is 0 Å². The maximum atomic E-state index is 12.0. The number of amides is 1. The fourth-order valence-corrected chi connectivity index (χ4v) is 2.59. The highest BCUT2D eigenvalue weighted by atomic mass is 79.9. The van der Waals surface area contributed by atoms with Crippen molar-refractivity contribution in [2.75, 3.05) is 5.32 Å². The molecule has 0 aromatic heterocycles. The number of allylic oxidation sites excluding steroid dienone is 2. The first kappa shape index (κ1) is 16.8. The third kappa shape index (κ3) is 4.46. The minimum atomic E-state index is -1.43. The van der Waals surface area contributed by atoms with Crippen LogP contribution >= 0.6 is 15.9 Å². The van der Waals surface area contributed by atoms with E-state index in [2.05, 4.69) is 39.2 Å². The molecule has 0 saturated heterocycles. The number of halogens is 1. The molecule has 22 heavy (non-hydrogen) atoms. The minimum Gasteiger partial charge on any atom is -0.381 e. The smallest absolute Gasteiger partial charge is 0.255 e. The van der Waals surface area contributed by atoms with Gasteiger partial charge in [0.1, 0.15) is 5.60 Å². The number of carbonyl (C=O) groups is 1. The quantitative estimate of drug-likeness (QED) is 0.781. The molecule has 0 radical (unpaired) electrons. The zero-order valence-electron chi connectivity index (χ0n) is 12.9. The zero-order valence-corrected chi connectivity index (χ0v) is 14.5. The molecule has 1 aliphatic rings. The molecule has 3 nitrogen and oxygen atoms in total. The van der Waals surface area contributed by atoms with Crippen molar-refractivity contribution < 1.29 is 9.90 Å². The topological polar surface area (TPSA) is 49.3 Å². The van der Waals surface area contributed by atoms with Gasteiger partial charge >= 0.3 is 0 Å². The maximum absolute atomic E-state index is 12.0. The summed E-state index contributed by atoms with van der Waals surface area (Å²) >= 11 is 3.48. The van der Waals surface area contributed by atoms with Gasteiger partial charge in [0.25, 0.3) is 5.91 Å². The molecule has 0 fully saturated rings. The lowest BCUT2D eigenvalue weighted by Gasteiger charge is -2.17. The van der Waals surface area contributed by atoms with Gasteiger partial charge in [-0.05, 0) is 73.2 Å². The third-order valence-electron chi connectivity index (χ3n) is 3.46. The van der Waals surface area contributed by atoms with Gasteiger partial charge in [-0.1, -0.05) is 24.0 Å². The van der Waals surface area contributed by atoms with E-state index in [9.17, 15) is 9.90 Å². The molecule has 0 saturated carbocycles. The number of anilines is 1. The first-order valence-corrected chi connectivity index (χ1v) is 8.20. The monoisotopic (exact) mass is 361 g/mol. The Hall–Kier alpha value is -1.57. The Bertz CT molecular complexity index is 660. The molecule has 2 rings (SSSR count). The van der Waals surface area contributed by atoms with E-state index in [-0.39, 0.29) is 0 Å². The van der Waals surface area contributed by atoms with E-state index < -0.39 is 11.5 Å². The SMILES string of the molecule is CC(C)(O)C(=O)Nc1cccc(Br)c1C#CC1=CCCCC1. The molecule has 1 aromatic carbocycles. The molecule has 116 valence electrons. The summed E-state index contributed by atoms with van der Waals surface area (Å²) < 4.78 is 0.824. The summed E-state index contributed by atoms with van der Waals surface area (Å²) in [5.41, 5.74) is 1.05. The molecule has 0 aliphatic heterocycles. The lowest BCUT2D eigenvalue weighted by Crippen LogP contribution is -2.36. The van der Waals surface area contributed by atoms with Crippen molar-refractivity contribution in [2.24, 2.45) is 0 Å². The van der Waals surface area contributed by atoms with Crippen molar-refractivity contribution in [2.45, 2.75) is 45.1 Å². The van der Waals surface area contributed by atoms with Crippen LogP contribution in [0.1, 0.15) is 45.1 Å². The van der Waals surface area contributed by atoms with Crippen molar-refractivity contribution >= 4 is 27.5 Å². The first-order valence-electron chi connectivity index (χ1n) is 7.41. The van der Waals surface area contributed by atoms with Crippen molar-refractivity contribution in [3.63, 3.8) is 0 Å². The van der Waals surface area contributed by atoms with Crippen LogP contribution in [0.2, 0.25) is 0 Å². The van der Waals surface area contributed by atoms with Crippen molar-refractivity contribution in [3.05, 3.63) is 39.9 Å². The molecule has 1 amide bonds. The molecular formula is C18H20BrNO2. The summed E-state index contributed by atoms with van der Waals surface area (Å²) in [4.78, 5) is 12.0. The van der Waals surface area contributed by atoms with Crippen LogP contribution in [0.15, 0.2) is 34.3 Å². The number of nitrogens with one attached hydrogen (secondary N) is 1. The molecular weight excluding hydrogens is 342 g/mol. The van der Waals surface area contributed by atoms with Gasteiger partial charge in [0, 0.05) is 4.47 Å². The number of carbonyl (C=O) groups excluding carboxylic acids is 1. The van der Waals surface area contributed by atoms with Crippen LogP contribution in [0.3, 0.4) is 0 Å². The Morgan fingerprint density at radius 1 is 1.32 bits per heavy atom. The van der Waals surface area contributed by atoms with Crippen LogP contribution in [0, 0.1) is 11.8 Å². The molecule has 0 unspecified atom stereocenters. The Morgan fingerprint density at radius 3 is 2.73 bits per heavy atom. The van der Waals surface area contributed by atoms with Gasteiger partial charge in [-0.15, -0.1) is 0 Å². The van der Waals surface area contributed by atoms with Crippen molar-refractivity contribution in [1.29, 1.82) is 0 Å². The fraction of sp³-hybridized carbons (Fsp3) is 0.389. The van der Waals surface area contributed by atoms with Gasteiger partial charge in [-0.25, -0.2) is 0 Å². The number of rotatable bonds is 2. The third-order valence-corrected chi connectivity index (χ3v) is 4.12. The lowest BCUT2D eigenvalue weighted by molar-refractivity contribution is -0.130. The Kier molecular flexibility index (Phi) is 5.44. The van der Waals surface area contributed by atoms with Gasteiger partial charge in [0.15, 0.2) is 0 Å². The van der Waals surface area contributed by atoms with E-state index in [1.807, 2.05) is 12.1 Å². The van der Waals surface area contributed by atoms with Crippen LogP contribution in [0.5, 0.6) is 0 Å². The molecule has 1 aliphatic carbocycles. The van der Waals surface area contributed by atoms with E-state index in [0.717, 1.165) is 28.5 Å². The van der Waals surface area contributed by atoms with E-state index in [1.165, 1.54) is 26.7 Å². The largest absolute Gasteiger partial charge is 0.381 e. The molecule has 0 heterocycles. The average Bonchev–Trinajstić information content (AvgIpc) is 2.46. The van der Waals surface area contributed by atoms with Crippen LogP contribution in [-0.2, 0) is 4.79 Å². The van der Waals surface area contributed by atoms with E-state index in [1.54, 1.807) is 6.07 Å². The molecule has 0 bridgehead atoms. The number of hydrogen-bond acceptors (Lipinski definition) is 2. The summed E-state index contributed by atoms with van der Waals surface area (Å²) in [5.74, 6) is 5.89. The summed E-state index contributed by atoms with van der Waals surface area (Å²) in [6, 6.07) is 5.50. The second-order valence-electron chi connectivity index (χ2n) is 5.90. The highest BCUT2D eigenvalue weighted by molar-refractivity contribution is 9.10. The fourth-order valence-electron chi connectivity index (χ4n) is 2.13. The zero-order chi connectivity index (χ0) is 16.2. The highest BCUT2D eigenvalue weighted by Crippen LogP contribution is 2.25. The molecule has 1 aromatic rings. The Morgan fingerprint density at radius 2 is 2.09 bits per heavy atom. The highest BCUT2D eigenvalue weighted by Gasteiger charge is 2.24. The number of aliphatic hydroxyl groups is 1. The van der Waals surface area contributed by atoms with Crippen LogP contribution < -0.4 is 5.32 Å². The van der Waals surface area contributed by atoms with Crippen LogP contribution in [0.25, 0.3) is 0 Å². The van der Waals surface area contributed by atoms with E-state index in [0.29, 0.717) is 5.69 Å². The minimum absolute atomic E-state index is 0.453. The molecule has 0 spiro atoms. The number of hydrogen-bond donors (Lipinski definition) is 2. The Labute approximate surface area is 139 Å². The molecule has 2 N–H and O–H groups in total. The second-order valence-corrected chi connectivity index (χ2v) is 6.76. The van der Waals surface area contributed by atoms with Crippen LogP contribution in [0.4, 0.5) is 5.69 Å². The van der Waals surface area contributed by atoms with Crippen molar-refractivity contribution in [3.8, 4) is 11.8 Å². The van der Waals surface area contributed by atoms with Gasteiger partial charge in [-0.2, -0.15) is 0 Å². The van der Waals surface area contributed by atoms with Gasteiger partial charge in [-0.3, -0.25) is 4.79 Å². The number of benzene rings is 1. The Balaban J connectivity index is 2.29. The summed E-state index contributed by atoms with van der Waals surface area (Å²) in [6.07, 6.45) is 6.69. The standard InChI is InChI=1S/C18H20BrNO2/c1-18(2,22)17(21)20-16-10-6-9-15(19)14(16)12-11-13-7-4-3-5-8-13/h6-7,9-10,22H,3-5,8H2,1-2H3,(H,20,21). The van der Waals surface area contributed by atoms with Gasteiger partial charge < -0.3 is 10.4 Å². The predicted molar refractivity (Wildman–Crippen MR) is 92.5 cm³/mol. The van der Waals surface area contributed by atoms with Gasteiger partial charge in [0.05, 0.1) is 11.3 Å². The summed E-state index contributed by atoms with van der Waals surface area (Å²) in [6.45, 7) is 2.91. The second kappa shape index (κ2) is 7.13. The van der Waals surface area contributed by atoms with Crippen molar-refractivity contribution in [1.82, 2.24) is 0 Å². The molecule has 4 heteroatoms. The average molecular weight is 362 g/mol. The van der Waals surface area contributed by atoms with E-state index >= 15 is 0 Å². The normalized spacial score (nSPS) is 14.6. The first-order chi connectivity index (χ1) is 10.4. The summed E-state index contributed by atoms with van der Waals surface area (Å²) in [7, 11) is 0. The molecule has 0 atom stereocenters.